The van der Waals surface area contributed by atoms with Crippen molar-refractivity contribution in [2.45, 2.75) is 19.8 Å². The summed E-state index contributed by atoms with van der Waals surface area (Å²) in [6.45, 7) is 2.56. The van der Waals surface area contributed by atoms with Gasteiger partial charge in [0, 0.05) is 6.54 Å². The van der Waals surface area contributed by atoms with Crippen LogP contribution in [-0.4, -0.2) is 22.6 Å². The van der Waals surface area contributed by atoms with Crippen molar-refractivity contribution < 1.29 is 9.59 Å². The highest BCUT2D eigenvalue weighted by molar-refractivity contribution is 8.18. The highest BCUT2D eigenvalue weighted by atomic mass is 32.2. The van der Waals surface area contributed by atoms with E-state index in [-0.39, 0.29) is 11.1 Å². The van der Waals surface area contributed by atoms with Crippen molar-refractivity contribution in [3.63, 3.8) is 0 Å². The Labute approximate surface area is 111 Å². The molecule has 1 fully saturated rings. The zero-order valence-corrected chi connectivity index (χ0v) is 11.1. The summed E-state index contributed by atoms with van der Waals surface area (Å²) in [5.74, 6) is -0.165. The van der Waals surface area contributed by atoms with Crippen LogP contribution in [0.4, 0.5) is 4.79 Å². The second-order valence-electron chi connectivity index (χ2n) is 4.10. The number of hydrogen-bond acceptors (Lipinski definition) is 3. The number of benzene rings is 1. The van der Waals surface area contributed by atoms with E-state index in [0.717, 1.165) is 30.2 Å². The van der Waals surface area contributed by atoms with E-state index in [9.17, 15) is 9.59 Å². The van der Waals surface area contributed by atoms with Crippen molar-refractivity contribution in [2.75, 3.05) is 6.54 Å². The molecule has 0 spiro atoms. The summed E-state index contributed by atoms with van der Waals surface area (Å²) < 4.78 is 0. The number of hydrogen-bond donors (Lipinski definition) is 0. The summed E-state index contributed by atoms with van der Waals surface area (Å²) in [6.07, 6.45) is 3.60. The lowest BCUT2D eigenvalue weighted by Gasteiger charge is -2.10. The Kier molecular flexibility index (Phi) is 4.20. The molecular weight excluding hydrogens is 246 g/mol. The van der Waals surface area contributed by atoms with Crippen molar-refractivity contribution in [1.82, 2.24) is 4.90 Å². The van der Waals surface area contributed by atoms with Gasteiger partial charge in [0.15, 0.2) is 0 Å². The highest BCUT2D eigenvalue weighted by Gasteiger charge is 2.34. The standard InChI is InChI=1S/C14H15NO2S/c1-2-3-9-15-13(16)12(18-14(15)17)10-11-7-5-4-6-8-11/h4-8,10H,2-3,9H2,1H3. The number of unbranched alkanes of at least 4 members (excludes halogenated alkanes) is 1. The van der Waals surface area contributed by atoms with Crippen LogP contribution in [0.1, 0.15) is 25.3 Å². The van der Waals surface area contributed by atoms with E-state index in [0.29, 0.717) is 11.4 Å². The molecular formula is C14H15NO2S. The molecule has 2 rings (SSSR count). The predicted octanol–water partition coefficient (Wildman–Crippen LogP) is 3.52. The minimum atomic E-state index is -0.165. The first-order valence-electron chi connectivity index (χ1n) is 6.03. The number of nitrogens with zero attached hydrogens (tertiary/aromatic N) is 1. The molecule has 94 valence electrons. The largest absolute Gasteiger partial charge is 0.293 e. The maximum absolute atomic E-state index is 12.0. The topological polar surface area (TPSA) is 37.4 Å². The van der Waals surface area contributed by atoms with Gasteiger partial charge in [0.25, 0.3) is 11.1 Å². The van der Waals surface area contributed by atoms with E-state index in [4.69, 9.17) is 0 Å². The molecule has 1 saturated heterocycles. The summed E-state index contributed by atoms with van der Waals surface area (Å²) in [6, 6.07) is 9.57. The molecule has 1 aromatic rings. The first kappa shape index (κ1) is 12.9. The third-order valence-corrected chi connectivity index (χ3v) is 3.61. The monoisotopic (exact) mass is 261 g/mol. The fourth-order valence-corrected chi connectivity index (χ4v) is 2.57. The molecule has 0 aliphatic carbocycles. The second kappa shape index (κ2) is 5.87. The summed E-state index contributed by atoms with van der Waals surface area (Å²) >= 11 is 1.03. The van der Waals surface area contributed by atoms with Crippen LogP contribution in [0, 0.1) is 0 Å². The van der Waals surface area contributed by atoms with Gasteiger partial charge in [0.05, 0.1) is 4.91 Å². The van der Waals surface area contributed by atoms with Crippen molar-refractivity contribution in [3.8, 4) is 0 Å². The molecule has 0 saturated carbocycles. The molecule has 1 aliphatic heterocycles. The highest BCUT2D eigenvalue weighted by Crippen LogP contribution is 2.32. The molecule has 1 heterocycles. The van der Waals surface area contributed by atoms with Crippen LogP contribution < -0.4 is 0 Å². The molecule has 18 heavy (non-hydrogen) atoms. The summed E-state index contributed by atoms with van der Waals surface area (Å²) in [7, 11) is 0. The zero-order valence-electron chi connectivity index (χ0n) is 10.3. The molecule has 0 N–H and O–H groups in total. The fourth-order valence-electron chi connectivity index (χ4n) is 1.71. The molecule has 4 heteroatoms. The Morgan fingerprint density at radius 2 is 1.94 bits per heavy atom. The average Bonchev–Trinajstić information content (AvgIpc) is 2.64. The van der Waals surface area contributed by atoms with Crippen molar-refractivity contribution >= 4 is 29.0 Å². The number of thioether (sulfide) groups is 1. The zero-order chi connectivity index (χ0) is 13.0. The maximum Gasteiger partial charge on any atom is 0.293 e. The lowest BCUT2D eigenvalue weighted by atomic mass is 10.2. The summed E-state index contributed by atoms with van der Waals surface area (Å²) in [5.41, 5.74) is 0.943. The number of imide groups is 1. The van der Waals surface area contributed by atoms with E-state index in [1.165, 1.54) is 4.90 Å². The van der Waals surface area contributed by atoms with Gasteiger partial charge in [0.1, 0.15) is 0 Å². The number of amides is 2. The lowest BCUT2D eigenvalue weighted by Crippen LogP contribution is -2.29. The quantitative estimate of drug-likeness (QED) is 0.778. The van der Waals surface area contributed by atoms with E-state index in [1.54, 1.807) is 6.08 Å². The van der Waals surface area contributed by atoms with E-state index in [1.807, 2.05) is 37.3 Å². The maximum atomic E-state index is 12.0. The molecule has 0 bridgehead atoms. The van der Waals surface area contributed by atoms with Crippen LogP contribution in [0.3, 0.4) is 0 Å². The van der Waals surface area contributed by atoms with Crippen LogP contribution in [0.5, 0.6) is 0 Å². The molecule has 1 aliphatic rings. The van der Waals surface area contributed by atoms with Crippen LogP contribution in [0.25, 0.3) is 6.08 Å². The van der Waals surface area contributed by atoms with E-state index >= 15 is 0 Å². The Balaban J connectivity index is 2.15. The Hall–Kier alpha value is -1.55. The van der Waals surface area contributed by atoms with Crippen LogP contribution in [0.2, 0.25) is 0 Å². The van der Waals surface area contributed by atoms with Crippen molar-refractivity contribution in [2.24, 2.45) is 0 Å². The van der Waals surface area contributed by atoms with Crippen LogP contribution in [0.15, 0.2) is 35.2 Å². The van der Waals surface area contributed by atoms with E-state index in [2.05, 4.69) is 0 Å². The minimum Gasteiger partial charge on any atom is -0.268 e. The van der Waals surface area contributed by atoms with Crippen LogP contribution >= 0.6 is 11.8 Å². The molecule has 0 atom stereocenters. The molecule has 0 unspecified atom stereocenters. The van der Waals surface area contributed by atoms with Gasteiger partial charge in [-0.25, -0.2) is 0 Å². The number of carbonyl (C=O) groups excluding carboxylic acids is 2. The van der Waals surface area contributed by atoms with Gasteiger partial charge in [-0.15, -0.1) is 0 Å². The summed E-state index contributed by atoms with van der Waals surface area (Å²) in [4.78, 5) is 25.6. The molecule has 1 aromatic carbocycles. The fraction of sp³-hybridized carbons (Fsp3) is 0.286. The smallest absolute Gasteiger partial charge is 0.268 e. The van der Waals surface area contributed by atoms with Gasteiger partial charge in [-0.2, -0.15) is 0 Å². The minimum absolute atomic E-state index is 0.157. The van der Waals surface area contributed by atoms with Gasteiger partial charge < -0.3 is 0 Å². The van der Waals surface area contributed by atoms with Gasteiger partial charge in [0.2, 0.25) is 0 Å². The Bertz CT molecular complexity index is 482. The first-order chi connectivity index (χ1) is 8.72. The Morgan fingerprint density at radius 3 is 2.61 bits per heavy atom. The molecule has 3 nitrogen and oxygen atoms in total. The normalized spacial score (nSPS) is 17.8. The van der Waals surface area contributed by atoms with Gasteiger partial charge in [-0.3, -0.25) is 14.5 Å². The lowest BCUT2D eigenvalue weighted by molar-refractivity contribution is -0.122. The van der Waals surface area contributed by atoms with Crippen molar-refractivity contribution in [3.05, 3.63) is 40.8 Å². The van der Waals surface area contributed by atoms with Gasteiger partial charge in [-0.05, 0) is 29.8 Å². The van der Waals surface area contributed by atoms with Gasteiger partial charge >= 0.3 is 0 Å². The first-order valence-corrected chi connectivity index (χ1v) is 6.84. The Morgan fingerprint density at radius 1 is 1.22 bits per heavy atom. The molecule has 0 radical (unpaired) electrons. The predicted molar refractivity (Wildman–Crippen MR) is 74.0 cm³/mol. The van der Waals surface area contributed by atoms with Crippen LogP contribution in [-0.2, 0) is 4.79 Å². The van der Waals surface area contributed by atoms with Gasteiger partial charge in [-0.1, -0.05) is 43.7 Å². The molecule has 2 amide bonds. The van der Waals surface area contributed by atoms with Crippen molar-refractivity contribution in [1.29, 1.82) is 0 Å². The molecule has 0 aromatic heterocycles. The average molecular weight is 261 g/mol. The van der Waals surface area contributed by atoms with E-state index < -0.39 is 0 Å². The third kappa shape index (κ3) is 2.82. The second-order valence-corrected chi connectivity index (χ2v) is 5.09. The third-order valence-electron chi connectivity index (χ3n) is 2.71. The number of rotatable bonds is 4. The SMILES string of the molecule is CCCCN1C(=O)SC(=Cc2ccccc2)C1=O. The summed E-state index contributed by atoms with van der Waals surface area (Å²) in [5, 5.41) is -0.157. The number of carbonyl (C=O) groups is 2.